The first-order valence-corrected chi connectivity index (χ1v) is 4.58. The van der Waals surface area contributed by atoms with Crippen LogP contribution in [0.1, 0.15) is 20.3 Å². The summed E-state index contributed by atoms with van der Waals surface area (Å²) in [5.41, 5.74) is 5.33. The third-order valence-corrected chi connectivity index (χ3v) is 2.77. The third-order valence-electron chi connectivity index (χ3n) is 2.77. The molecule has 3 heteroatoms. The fourth-order valence-corrected chi connectivity index (χ4v) is 2.03. The van der Waals surface area contributed by atoms with Gasteiger partial charge in [0.2, 0.25) is 0 Å². The Kier molecular flexibility index (Phi) is 2.76. The van der Waals surface area contributed by atoms with Crippen molar-refractivity contribution < 1.29 is 5.11 Å². The van der Waals surface area contributed by atoms with E-state index in [0.29, 0.717) is 0 Å². The molecule has 3 nitrogen and oxygen atoms in total. The van der Waals surface area contributed by atoms with Crippen LogP contribution < -0.4 is 5.73 Å². The van der Waals surface area contributed by atoms with E-state index in [1.807, 2.05) is 13.8 Å². The van der Waals surface area contributed by atoms with Gasteiger partial charge < -0.3 is 15.7 Å². The van der Waals surface area contributed by atoms with E-state index in [9.17, 15) is 5.11 Å². The van der Waals surface area contributed by atoms with Gasteiger partial charge in [0.05, 0.1) is 5.60 Å². The van der Waals surface area contributed by atoms with Crippen molar-refractivity contribution in [2.75, 3.05) is 20.1 Å². The van der Waals surface area contributed by atoms with Crippen molar-refractivity contribution in [3.63, 3.8) is 0 Å². The highest BCUT2D eigenvalue weighted by atomic mass is 16.3. The van der Waals surface area contributed by atoms with Gasteiger partial charge >= 0.3 is 0 Å². The molecule has 0 bridgehead atoms. The van der Waals surface area contributed by atoms with Gasteiger partial charge in [0.25, 0.3) is 0 Å². The van der Waals surface area contributed by atoms with E-state index < -0.39 is 5.60 Å². The van der Waals surface area contributed by atoms with Crippen LogP contribution in [0.5, 0.6) is 0 Å². The molecule has 1 saturated heterocycles. The summed E-state index contributed by atoms with van der Waals surface area (Å²) < 4.78 is 0. The Morgan fingerprint density at radius 1 is 1.50 bits per heavy atom. The maximum absolute atomic E-state index is 9.80. The van der Waals surface area contributed by atoms with Gasteiger partial charge in [0.1, 0.15) is 0 Å². The smallest absolute Gasteiger partial charge is 0.0635 e. The van der Waals surface area contributed by atoms with Gasteiger partial charge in [-0.15, -0.1) is 0 Å². The molecule has 1 aliphatic rings. The molecule has 0 saturated carbocycles. The second-order valence-corrected chi connectivity index (χ2v) is 4.47. The number of piperidine rings is 1. The number of likely N-dealkylation sites (N-methyl/N-ethyl adjacent to an activating group) is 1. The summed E-state index contributed by atoms with van der Waals surface area (Å²) in [7, 11) is 2.07. The van der Waals surface area contributed by atoms with Gasteiger partial charge in [-0.2, -0.15) is 0 Å². The lowest BCUT2D eigenvalue weighted by molar-refractivity contribution is -0.0192. The number of aliphatic hydroxyl groups is 1. The van der Waals surface area contributed by atoms with Crippen LogP contribution in [0, 0.1) is 5.92 Å². The molecule has 72 valence electrons. The van der Waals surface area contributed by atoms with E-state index in [2.05, 4.69) is 11.9 Å². The number of likely N-dealkylation sites (tertiary alicyclic amines) is 1. The lowest BCUT2D eigenvalue weighted by Crippen LogP contribution is -2.53. The molecule has 0 amide bonds. The summed E-state index contributed by atoms with van der Waals surface area (Å²) in [5.74, 6) is 0.244. The zero-order valence-electron chi connectivity index (χ0n) is 8.25. The lowest BCUT2D eigenvalue weighted by atomic mass is 9.80. The average Bonchev–Trinajstić information content (AvgIpc) is 1.83. The normalized spacial score (nSPS) is 33.8. The van der Waals surface area contributed by atoms with Crippen molar-refractivity contribution in [2.45, 2.75) is 31.9 Å². The minimum absolute atomic E-state index is 0.115. The highest BCUT2D eigenvalue weighted by Gasteiger charge is 2.35. The van der Waals surface area contributed by atoms with E-state index in [0.717, 1.165) is 19.5 Å². The SMILES string of the molecule is CN1CCC(C(C)(C)O)C(N)C1. The summed E-state index contributed by atoms with van der Waals surface area (Å²) >= 11 is 0. The zero-order valence-corrected chi connectivity index (χ0v) is 8.25. The zero-order chi connectivity index (χ0) is 9.35. The third kappa shape index (κ3) is 2.19. The maximum Gasteiger partial charge on any atom is 0.0635 e. The quantitative estimate of drug-likeness (QED) is 0.587. The molecule has 0 spiro atoms. The number of nitrogens with two attached hydrogens (primary N) is 1. The molecule has 0 aliphatic carbocycles. The van der Waals surface area contributed by atoms with Crippen LogP contribution in [0.15, 0.2) is 0 Å². The minimum atomic E-state index is -0.624. The molecule has 1 fully saturated rings. The van der Waals surface area contributed by atoms with Crippen molar-refractivity contribution in [1.82, 2.24) is 4.90 Å². The molecule has 2 unspecified atom stereocenters. The van der Waals surface area contributed by atoms with Crippen molar-refractivity contribution in [1.29, 1.82) is 0 Å². The molecular formula is C9H20N2O. The van der Waals surface area contributed by atoms with Crippen LogP contribution in [0.25, 0.3) is 0 Å². The Labute approximate surface area is 74.5 Å². The van der Waals surface area contributed by atoms with Crippen LogP contribution in [0.4, 0.5) is 0 Å². The molecule has 1 aliphatic heterocycles. The molecule has 1 rings (SSSR count). The molecule has 0 radical (unpaired) electrons. The highest BCUT2D eigenvalue weighted by molar-refractivity contribution is 4.90. The first-order valence-electron chi connectivity index (χ1n) is 4.58. The number of hydrogen-bond acceptors (Lipinski definition) is 3. The van der Waals surface area contributed by atoms with E-state index in [-0.39, 0.29) is 12.0 Å². The number of hydrogen-bond donors (Lipinski definition) is 2. The summed E-state index contributed by atoms with van der Waals surface area (Å²) in [6, 6.07) is 0.115. The van der Waals surface area contributed by atoms with E-state index in [4.69, 9.17) is 5.73 Å². The van der Waals surface area contributed by atoms with Crippen molar-refractivity contribution in [3.8, 4) is 0 Å². The monoisotopic (exact) mass is 172 g/mol. The minimum Gasteiger partial charge on any atom is -0.390 e. The molecule has 0 aromatic rings. The van der Waals surface area contributed by atoms with Gasteiger partial charge in [-0.25, -0.2) is 0 Å². The second-order valence-electron chi connectivity index (χ2n) is 4.47. The molecule has 1 heterocycles. The first-order chi connectivity index (χ1) is 5.41. The van der Waals surface area contributed by atoms with Gasteiger partial charge in [0.15, 0.2) is 0 Å². The van der Waals surface area contributed by atoms with Crippen LogP contribution in [0.3, 0.4) is 0 Å². The Hall–Kier alpha value is -0.120. The molecular weight excluding hydrogens is 152 g/mol. The molecule has 0 aromatic carbocycles. The molecule has 2 atom stereocenters. The summed E-state index contributed by atoms with van der Waals surface area (Å²) in [6.07, 6.45) is 1.00. The molecule has 12 heavy (non-hydrogen) atoms. The standard InChI is InChI=1S/C9H20N2O/c1-9(2,12)7-4-5-11(3)6-8(7)10/h7-8,12H,4-6,10H2,1-3H3. The number of nitrogens with zero attached hydrogens (tertiary/aromatic N) is 1. The van der Waals surface area contributed by atoms with Crippen molar-refractivity contribution in [2.24, 2.45) is 11.7 Å². The fourth-order valence-electron chi connectivity index (χ4n) is 2.03. The van der Waals surface area contributed by atoms with E-state index in [1.165, 1.54) is 0 Å². The Balaban J connectivity index is 2.57. The summed E-state index contributed by atoms with van der Waals surface area (Å²) in [4.78, 5) is 2.22. The summed E-state index contributed by atoms with van der Waals surface area (Å²) in [5, 5.41) is 9.80. The predicted octanol–water partition coefficient (Wildman–Crippen LogP) is 0.0363. The lowest BCUT2D eigenvalue weighted by Gasteiger charge is -2.40. The Morgan fingerprint density at radius 2 is 2.08 bits per heavy atom. The number of rotatable bonds is 1. The second kappa shape index (κ2) is 3.32. The first kappa shape index (κ1) is 9.96. The van der Waals surface area contributed by atoms with E-state index >= 15 is 0 Å². The van der Waals surface area contributed by atoms with Crippen molar-refractivity contribution in [3.05, 3.63) is 0 Å². The largest absolute Gasteiger partial charge is 0.390 e. The topological polar surface area (TPSA) is 49.5 Å². The summed E-state index contributed by atoms with van der Waals surface area (Å²) in [6.45, 7) is 5.64. The van der Waals surface area contributed by atoms with Crippen molar-refractivity contribution >= 4 is 0 Å². The van der Waals surface area contributed by atoms with Gasteiger partial charge in [-0.1, -0.05) is 0 Å². The van der Waals surface area contributed by atoms with Gasteiger partial charge in [-0.3, -0.25) is 0 Å². The Bertz CT molecular complexity index is 153. The van der Waals surface area contributed by atoms with Crippen LogP contribution in [-0.2, 0) is 0 Å². The highest BCUT2D eigenvalue weighted by Crippen LogP contribution is 2.26. The Morgan fingerprint density at radius 3 is 2.50 bits per heavy atom. The molecule has 0 aromatic heterocycles. The van der Waals surface area contributed by atoms with Crippen LogP contribution in [-0.4, -0.2) is 41.8 Å². The van der Waals surface area contributed by atoms with E-state index in [1.54, 1.807) is 0 Å². The van der Waals surface area contributed by atoms with Crippen LogP contribution >= 0.6 is 0 Å². The average molecular weight is 172 g/mol. The van der Waals surface area contributed by atoms with Gasteiger partial charge in [0, 0.05) is 18.5 Å². The molecule has 3 N–H and O–H groups in total. The van der Waals surface area contributed by atoms with Gasteiger partial charge in [-0.05, 0) is 33.9 Å². The fraction of sp³-hybridized carbons (Fsp3) is 1.00. The maximum atomic E-state index is 9.80. The van der Waals surface area contributed by atoms with Crippen LogP contribution in [0.2, 0.25) is 0 Å². The predicted molar refractivity (Wildman–Crippen MR) is 49.9 cm³/mol.